The van der Waals surface area contributed by atoms with Crippen molar-refractivity contribution < 1.29 is 14.6 Å². The van der Waals surface area contributed by atoms with Gasteiger partial charge in [0.05, 0.1) is 19.8 Å². The number of ether oxygens (including phenoxy) is 1. The maximum absolute atomic E-state index is 12.3. The summed E-state index contributed by atoms with van der Waals surface area (Å²) in [5, 5.41) is 12.1. The van der Waals surface area contributed by atoms with Crippen LogP contribution in [0.1, 0.15) is 6.42 Å². The first-order chi connectivity index (χ1) is 8.81. The monoisotopic (exact) mass is 257 g/mol. The fourth-order valence-corrected chi connectivity index (χ4v) is 2.50. The van der Waals surface area contributed by atoms with Gasteiger partial charge in [0.1, 0.15) is 6.04 Å². The van der Waals surface area contributed by atoms with Gasteiger partial charge < -0.3 is 20.1 Å². The lowest BCUT2D eigenvalue weighted by Crippen LogP contribution is -2.53. The summed E-state index contributed by atoms with van der Waals surface area (Å²) >= 11 is 0. The number of morpholine rings is 1. The molecule has 6 nitrogen and oxygen atoms in total. The molecule has 0 aromatic carbocycles. The topological polar surface area (TPSA) is 65.0 Å². The van der Waals surface area contributed by atoms with E-state index in [1.165, 1.54) is 0 Å². The number of aliphatic hydroxyl groups is 1. The van der Waals surface area contributed by atoms with E-state index < -0.39 is 0 Å². The van der Waals surface area contributed by atoms with E-state index in [1.54, 1.807) is 0 Å². The van der Waals surface area contributed by atoms with Crippen LogP contribution in [0.4, 0.5) is 0 Å². The van der Waals surface area contributed by atoms with Crippen LogP contribution >= 0.6 is 0 Å². The van der Waals surface area contributed by atoms with Crippen LogP contribution < -0.4 is 5.32 Å². The van der Waals surface area contributed by atoms with Crippen LogP contribution in [0.2, 0.25) is 0 Å². The highest BCUT2D eigenvalue weighted by molar-refractivity contribution is 5.82. The quantitative estimate of drug-likeness (QED) is 0.644. The number of rotatable bonds is 3. The average Bonchev–Trinajstić information content (AvgIpc) is 2.65. The molecule has 2 heterocycles. The van der Waals surface area contributed by atoms with Crippen LogP contribution in [0.3, 0.4) is 0 Å². The van der Waals surface area contributed by atoms with Crippen molar-refractivity contribution in [3.05, 3.63) is 0 Å². The number of hydrogen-bond donors (Lipinski definition) is 2. The minimum atomic E-state index is -0.178. The number of carbonyl (C=O) groups excluding carboxylic acids is 1. The molecule has 2 rings (SSSR count). The molecule has 6 heteroatoms. The Morgan fingerprint density at radius 2 is 2.22 bits per heavy atom. The molecule has 2 aliphatic rings. The molecule has 0 aliphatic carbocycles. The molecular formula is C12H23N3O3. The third kappa shape index (κ3) is 3.65. The molecule has 2 N–H and O–H groups in total. The van der Waals surface area contributed by atoms with Gasteiger partial charge in [0, 0.05) is 32.7 Å². The number of nitrogens with one attached hydrogen (secondary N) is 1. The second kappa shape index (κ2) is 7.04. The minimum absolute atomic E-state index is 0.153. The molecule has 2 saturated heterocycles. The van der Waals surface area contributed by atoms with Gasteiger partial charge in [-0.2, -0.15) is 0 Å². The average molecular weight is 257 g/mol. The highest BCUT2D eigenvalue weighted by Gasteiger charge is 2.27. The lowest BCUT2D eigenvalue weighted by atomic mass is 10.2. The number of amides is 1. The summed E-state index contributed by atoms with van der Waals surface area (Å²) in [6, 6.07) is -0.178. The molecule has 104 valence electrons. The molecule has 1 unspecified atom stereocenters. The van der Waals surface area contributed by atoms with Crippen molar-refractivity contribution in [1.82, 2.24) is 15.1 Å². The molecule has 0 spiro atoms. The molecule has 1 atom stereocenters. The third-order valence-corrected chi connectivity index (χ3v) is 3.54. The van der Waals surface area contributed by atoms with Gasteiger partial charge in [-0.3, -0.25) is 9.69 Å². The van der Waals surface area contributed by atoms with E-state index in [1.807, 2.05) is 4.90 Å². The number of β-amino-alcohol motifs (C(OH)–C–C–N with tert-alkyl or cyclic N) is 1. The zero-order chi connectivity index (χ0) is 12.8. The van der Waals surface area contributed by atoms with E-state index in [-0.39, 0.29) is 18.6 Å². The predicted octanol–water partition coefficient (Wildman–Crippen LogP) is -1.50. The van der Waals surface area contributed by atoms with Crippen LogP contribution in [0.5, 0.6) is 0 Å². The summed E-state index contributed by atoms with van der Waals surface area (Å²) < 4.78 is 5.33. The zero-order valence-electron chi connectivity index (χ0n) is 10.8. The first-order valence-electron chi connectivity index (χ1n) is 6.74. The minimum Gasteiger partial charge on any atom is -0.395 e. The molecular weight excluding hydrogens is 234 g/mol. The second-order valence-corrected chi connectivity index (χ2v) is 4.83. The van der Waals surface area contributed by atoms with Crippen molar-refractivity contribution in [2.24, 2.45) is 0 Å². The molecule has 0 saturated carbocycles. The highest BCUT2D eigenvalue weighted by atomic mass is 16.5. The van der Waals surface area contributed by atoms with Crippen molar-refractivity contribution in [2.75, 3.05) is 59.1 Å². The molecule has 0 bridgehead atoms. The first kappa shape index (κ1) is 13.7. The fraction of sp³-hybridized carbons (Fsp3) is 0.917. The standard InChI is InChI=1S/C12H23N3O3/c16-8-7-14-3-1-4-15(6-5-14)12(17)11-10-18-9-2-13-11/h11,13,16H,1-10H2. The zero-order valence-corrected chi connectivity index (χ0v) is 10.8. The molecule has 0 aromatic rings. The van der Waals surface area contributed by atoms with Gasteiger partial charge in [-0.15, -0.1) is 0 Å². The van der Waals surface area contributed by atoms with Crippen LogP contribution in [0.25, 0.3) is 0 Å². The van der Waals surface area contributed by atoms with Gasteiger partial charge in [-0.1, -0.05) is 0 Å². The molecule has 2 aliphatic heterocycles. The van der Waals surface area contributed by atoms with Crippen molar-refractivity contribution in [1.29, 1.82) is 0 Å². The summed E-state index contributed by atoms with van der Waals surface area (Å²) in [6.07, 6.45) is 0.972. The lowest BCUT2D eigenvalue weighted by Gasteiger charge is -2.29. The van der Waals surface area contributed by atoms with Gasteiger partial charge in [-0.05, 0) is 13.0 Å². The van der Waals surface area contributed by atoms with Crippen molar-refractivity contribution >= 4 is 5.91 Å². The summed E-state index contributed by atoms with van der Waals surface area (Å²) in [4.78, 5) is 16.4. The Morgan fingerprint density at radius 1 is 1.33 bits per heavy atom. The van der Waals surface area contributed by atoms with Crippen LogP contribution in [0.15, 0.2) is 0 Å². The first-order valence-corrected chi connectivity index (χ1v) is 6.74. The smallest absolute Gasteiger partial charge is 0.242 e. The Morgan fingerprint density at radius 3 is 2.94 bits per heavy atom. The Bertz CT molecular complexity index is 269. The van der Waals surface area contributed by atoms with Crippen LogP contribution in [-0.2, 0) is 9.53 Å². The highest BCUT2D eigenvalue weighted by Crippen LogP contribution is 2.06. The Labute approximate surface area is 108 Å². The van der Waals surface area contributed by atoms with Gasteiger partial charge in [0.25, 0.3) is 0 Å². The summed E-state index contributed by atoms with van der Waals surface area (Å²) in [5.41, 5.74) is 0. The molecule has 0 radical (unpaired) electrons. The second-order valence-electron chi connectivity index (χ2n) is 4.83. The van der Waals surface area contributed by atoms with Crippen molar-refractivity contribution in [2.45, 2.75) is 12.5 Å². The third-order valence-electron chi connectivity index (χ3n) is 3.54. The van der Waals surface area contributed by atoms with Gasteiger partial charge >= 0.3 is 0 Å². The fourth-order valence-electron chi connectivity index (χ4n) is 2.50. The molecule has 2 fully saturated rings. The van der Waals surface area contributed by atoms with Gasteiger partial charge in [-0.25, -0.2) is 0 Å². The van der Waals surface area contributed by atoms with E-state index in [4.69, 9.17) is 9.84 Å². The maximum atomic E-state index is 12.3. The lowest BCUT2D eigenvalue weighted by molar-refractivity contribution is -0.136. The summed E-state index contributed by atoms with van der Waals surface area (Å²) in [5.74, 6) is 0.153. The number of hydrogen-bond acceptors (Lipinski definition) is 5. The summed E-state index contributed by atoms with van der Waals surface area (Å²) in [6.45, 7) is 6.16. The number of aliphatic hydroxyl groups excluding tert-OH is 1. The summed E-state index contributed by atoms with van der Waals surface area (Å²) in [7, 11) is 0. The van der Waals surface area contributed by atoms with Crippen LogP contribution in [-0.4, -0.2) is 85.9 Å². The van der Waals surface area contributed by atoms with Crippen LogP contribution in [0, 0.1) is 0 Å². The van der Waals surface area contributed by atoms with E-state index in [0.717, 1.165) is 39.1 Å². The largest absolute Gasteiger partial charge is 0.395 e. The normalized spacial score (nSPS) is 26.9. The van der Waals surface area contributed by atoms with E-state index >= 15 is 0 Å². The van der Waals surface area contributed by atoms with Crippen molar-refractivity contribution in [3.8, 4) is 0 Å². The molecule has 1 amide bonds. The molecule has 18 heavy (non-hydrogen) atoms. The Balaban J connectivity index is 1.82. The van der Waals surface area contributed by atoms with E-state index in [9.17, 15) is 4.79 Å². The van der Waals surface area contributed by atoms with Gasteiger partial charge in [0.15, 0.2) is 0 Å². The maximum Gasteiger partial charge on any atom is 0.242 e. The van der Waals surface area contributed by atoms with Crippen molar-refractivity contribution in [3.63, 3.8) is 0 Å². The molecule has 0 aromatic heterocycles. The van der Waals surface area contributed by atoms with E-state index in [0.29, 0.717) is 19.8 Å². The Kier molecular flexibility index (Phi) is 5.37. The predicted molar refractivity (Wildman–Crippen MR) is 67.3 cm³/mol. The Hall–Kier alpha value is -0.690. The number of carbonyl (C=O) groups is 1. The van der Waals surface area contributed by atoms with E-state index in [2.05, 4.69) is 10.2 Å². The number of nitrogens with zero attached hydrogens (tertiary/aromatic N) is 2. The van der Waals surface area contributed by atoms with Gasteiger partial charge in [0.2, 0.25) is 5.91 Å². The SMILES string of the molecule is O=C(C1COCCN1)N1CCCN(CCO)CC1.